The fourth-order valence-corrected chi connectivity index (χ4v) is 4.08. The zero-order valence-electron chi connectivity index (χ0n) is 12.4. The van der Waals surface area contributed by atoms with Crippen molar-refractivity contribution in [3.05, 3.63) is 17.5 Å². The zero-order chi connectivity index (χ0) is 16.1. The number of nitrogens with zero attached hydrogens (tertiary/aromatic N) is 3. The topological polar surface area (TPSA) is 78.4 Å². The predicted octanol–water partition coefficient (Wildman–Crippen LogP) is 2.94. The maximum atomic E-state index is 15.0. The lowest BCUT2D eigenvalue weighted by Crippen LogP contribution is -2.67. The van der Waals surface area contributed by atoms with Gasteiger partial charge in [-0.25, -0.2) is 19.2 Å². The van der Waals surface area contributed by atoms with Gasteiger partial charge in [-0.3, -0.25) is 4.90 Å². The third kappa shape index (κ3) is 2.18. The molecule has 2 aliphatic rings. The van der Waals surface area contributed by atoms with Gasteiger partial charge in [0.25, 0.3) is 0 Å². The van der Waals surface area contributed by atoms with Gasteiger partial charge in [-0.05, 0) is 33.1 Å². The predicted molar refractivity (Wildman–Crippen MR) is 79.9 cm³/mol. The van der Waals surface area contributed by atoms with Gasteiger partial charge in [0, 0.05) is 5.54 Å². The van der Waals surface area contributed by atoms with E-state index in [1.165, 1.54) is 17.3 Å². The SMILES string of the molecule is C[C@@]12CC[C@@](C)([C@H](F)[C@H](Nc3cnc(Cl)cn3)C1)N2C(=O)O. The Morgan fingerprint density at radius 2 is 2.18 bits per heavy atom. The molecule has 1 amide bonds. The largest absolute Gasteiger partial charge is 0.465 e. The monoisotopic (exact) mass is 328 g/mol. The summed E-state index contributed by atoms with van der Waals surface area (Å²) in [6, 6.07) is -0.511. The van der Waals surface area contributed by atoms with E-state index in [0.717, 1.165) is 0 Å². The van der Waals surface area contributed by atoms with E-state index in [4.69, 9.17) is 11.6 Å². The van der Waals surface area contributed by atoms with Gasteiger partial charge < -0.3 is 10.4 Å². The molecule has 22 heavy (non-hydrogen) atoms. The fourth-order valence-electron chi connectivity index (χ4n) is 3.98. The minimum Gasteiger partial charge on any atom is -0.465 e. The number of carbonyl (C=O) groups is 1. The van der Waals surface area contributed by atoms with Crippen LogP contribution in [-0.2, 0) is 0 Å². The van der Waals surface area contributed by atoms with Crippen molar-refractivity contribution in [2.24, 2.45) is 0 Å². The summed E-state index contributed by atoms with van der Waals surface area (Å²) in [4.78, 5) is 20.9. The van der Waals surface area contributed by atoms with Crippen molar-refractivity contribution in [3.8, 4) is 0 Å². The Labute approximate surface area is 132 Å². The molecule has 1 aromatic heterocycles. The van der Waals surface area contributed by atoms with Gasteiger partial charge in [-0.1, -0.05) is 11.6 Å². The number of aromatic nitrogens is 2. The molecule has 0 radical (unpaired) electrons. The molecule has 0 aliphatic carbocycles. The molecule has 2 aliphatic heterocycles. The Morgan fingerprint density at radius 1 is 1.45 bits per heavy atom. The van der Waals surface area contributed by atoms with Crippen LogP contribution in [0.3, 0.4) is 0 Å². The maximum Gasteiger partial charge on any atom is 0.408 e. The molecule has 0 saturated carbocycles. The van der Waals surface area contributed by atoms with E-state index in [9.17, 15) is 9.90 Å². The number of piperidine rings is 1. The normalized spacial score (nSPS) is 37.2. The van der Waals surface area contributed by atoms with Crippen molar-refractivity contribution in [2.75, 3.05) is 5.32 Å². The van der Waals surface area contributed by atoms with Gasteiger partial charge in [0.2, 0.25) is 0 Å². The second-order valence-corrected chi connectivity index (χ2v) is 6.94. The molecule has 0 unspecified atom stereocenters. The molecule has 4 atom stereocenters. The molecule has 2 bridgehead atoms. The number of halogens is 2. The summed E-state index contributed by atoms with van der Waals surface area (Å²) in [6.07, 6.45) is 2.02. The maximum absolute atomic E-state index is 15.0. The van der Waals surface area contributed by atoms with Gasteiger partial charge in [-0.15, -0.1) is 0 Å². The summed E-state index contributed by atoms with van der Waals surface area (Å²) < 4.78 is 15.0. The van der Waals surface area contributed by atoms with E-state index in [-0.39, 0.29) is 5.15 Å². The van der Waals surface area contributed by atoms with Gasteiger partial charge >= 0.3 is 6.09 Å². The van der Waals surface area contributed by atoms with Crippen LogP contribution < -0.4 is 5.32 Å². The number of amides is 1. The number of alkyl halides is 1. The molecule has 2 fully saturated rings. The molecule has 6 nitrogen and oxygen atoms in total. The van der Waals surface area contributed by atoms with Crippen molar-refractivity contribution in [1.82, 2.24) is 14.9 Å². The highest BCUT2D eigenvalue weighted by Crippen LogP contribution is 2.51. The standard InChI is InChI=1S/C14H18ClFN4O2/c1-13-3-4-14(2,20(13)12(21)22)11(16)8(5-13)19-10-7-17-9(15)6-18-10/h6-8,11H,3-5H2,1-2H3,(H,18,19)(H,21,22)/t8-,11-,13-,14+/m1/s1. The van der Waals surface area contributed by atoms with Crippen LogP contribution in [0.5, 0.6) is 0 Å². The summed E-state index contributed by atoms with van der Waals surface area (Å²) >= 11 is 5.69. The molecule has 8 heteroatoms. The molecule has 1 aromatic rings. The third-order valence-corrected chi connectivity index (χ3v) is 5.17. The summed E-state index contributed by atoms with van der Waals surface area (Å²) in [6.45, 7) is 3.55. The molecule has 2 saturated heterocycles. The summed E-state index contributed by atoms with van der Waals surface area (Å²) in [7, 11) is 0. The number of hydrogen-bond acceptors (Lipinski definition) is 4. The molecular formula is C14H18ClFN4O2. The molecular weight excluding hydrogens is 311 g/mol. The van der Waals surface area contributed by atoms with E-state index in [1.807, 2.05) is 6.92 Å². The first-order valence-electron chi connectivity index (χ1n) is 7.18. The summed E-state index contributed by atoms with van der Waals surface area (Å²) in [5.74, 6) is 0.437. The van der Waals surface area contributed by atoms with Crippen LogP contribution in [0.1, 0.15) is 33.1 Å². The molecule has 3 rings (SSSR count). The highest BCUT2D eigenvalue weighted by atomic mass is 35.5. The summed E-state index contributed by atoms with van der Waals surface area (Å²) in [5, 5.41) is 12.8. The first kappa shape index (κ1) is 15.3. The zero-order valence-corrected chi connectivity index (χ0v) is 13.1. The number of nitrogens with one attached hydrogen (secondary N) is 1. The van der Waals surface area contributed by atoms with E-state index >= 15 is 4.39 Å². The van der Waals surface area contributed by atoms with Crippen molar-refractivity contribution < 1.29 is 14.3 Å². The van der Waals surface area contributed by atoms with Crippen molar-refractivity contribution in [2.45, 2.75) is 56.4 Å². The number of rotatable bonds is 2. The van der Waals surface area contributed by atoms with Gasteiger partial charge in [-0.2, -0.15) is 0 Å². The average Bonchev–Trinajstić information content (AvgIpc) is 2.67. The molecule has 3 heterocycles. The van der Waals surface area contributed by atoms with Crippen LogP contribution in [0.25, 0.3) is 0 Å². The molecule has 2 N–H and O–H groups in total. The lowest BCUT2D eigenvalue weighted by molar-refractivity contribution is -0.0332. The first-order chi connectivity index (χ1) is 10.3. The Hall–Kier alpha value is -1.63. The Kier molecular flexibility index (Phi) is 3.43. The molecule has 120 valence electrons. The number of anilines is 1. The van der Waals surface area contributed by atoms with Crippen LogP contribution in [0.4, 0.5) is 15.0 Å². The number of fused-ring (bicyclic) bond motifs is 2. The Balaban J connectivity index is 1.87. The van der Waals surface area contributed by atoms with Crippen molar-refractivity contribution in [1.29, 1.82) is 0 Å². The van der Waals surface area contributed by atoms with E-state index in [1.54, 1.807) is 6.92 Å². The summed E-state index contributed by atoms with van der Waals surface area (Å²) in [5.41, 5.74) is -1.59. The smallest absolute Gasteiger partial charge is 0.408 e. The third-order valence-electron chi connectivity index (χ3n) is 4.97. The first-order valence-corrected chi connectivity index (χ1v) is 7.55. The Bertz CT molecular complexity index is 601. The van der Waals surface area contributed by atoms with Crippen LogP contribution in [-0.4, -0.2) is 49.4 Å². The van der Waals surface area contributed by atoms with E-state index in [0.29, 0.717) is 25.1 Å². The fraction of sp³-hybridized carbons (Fsp3) is 0.643. The quantitative estimate of drug-likeness (QED) is 0.872. The lowest BCUT2D eigenvalue weighted by atomic mass is 9.81. The van der Waals surface area contributed by atoms with Gasteiger partial charge in [0.15, 0.2) is 0 Å². The number of hydrogen-bond donors (Lipinski definition) is 2. The van der Waals surface area contributed by atoms with Crippen molar-refractivity contribution in [3.63, 3.8) is 0 Å². The van der Waals surface area contributed by atoms with Crippen LogP contribution in [0.15, 0.2) is 12.4 Å². The van der Waals surface area contributed by atoms with Crippen LogP contribution in [0.2, 0.25) is 5.15 Å². The molecule has 0 spiro atoms. The second-order valence-electron chi connectivity index (χ2n) is 6.55. The van der Waals surface area contributed by atoms with E-state index in [2.05, 4.69) is 15.3 Å². The van der Waals surface area contributed by atoms with E-state index < -0.39 is 29.4 Å². The minimum atomic E-state index is -1.32. The average molecular weight is 329 g/mol. The lowest BCUT2D eigenvalue weighted by Gasteiger charge is -2.51. The highest BCUT2D eigenvalue weighted by Gasteiger charge is 2.63. The molecule has 0 aromatic carbocycles. The second kappa shape index (κ2) is 4.94. The van der Waals surface area contributed by atoms with Crippen molar-refractivity contribution >= 4 is 23.5 Å². The minimum absolute atomic E-state index is 0.266. The van der Waals surface area contributed by atoms with Crippen LogP contribution in [0, 0.1) is 0 Å². The van der Waals surface area contributed by atoms with Crippen LogP contribution >= 0.6 is 11.6 Å². The van der Waals surface area contributed by atoms with Gasteiger partial charge in [0.05, 0.1) is 24.0 Å². The Morgan fingerprint density at radius 3 is 2.77 bits per heavy atom. The number of carboxylic acid groups (broad SMARTS) is 1. The van der Waals surface area contributed by atoms with Gasteiger partial charge in [0.1, 0.15) is 17.1 Å². The highest BCUT2D eigenvalue weighted by molar-refractivity contribution is 6.29.